The Bertz CT molecular complexity index is 488. The van der Waals surface area contributed by atoms with Crippen molar-refractivity contribution in [3.8, 4) is 0 Å². The molecule has 118 valence electrons. The summed E-state index contributed by atoms with van der Waals surface area (Å²) < 4.78 is 26.3. The lowest BCUT2D eigenvalue weighted by Crippen LogP contribution is -2.43. The highest BCUT2D eigenvalue weighted by molar-refractivity contribution is 8.00. The quantitative estimate of drug-likeness (QED) is 0.908. The second-order valence-electron chi connectivity index (χ2n) is 5.45. The molecule has 5 nitrogen and oxygen atoms in total. The molecule has 2 heterocycles. The number of nitrogens with zero attached hydrogens (tertiary/aromatic N) is 3. The third-order valence-corrected chi connectivity index (χ3v) is 5.14. The van der Waals surface area contributed by atoms with E-state index in [0.717, 1.165) is 16.7 Å². The highest BCUT2D eigenvalue weighted by Gasteiger charge is 2.30. The number of hydrogen-bond acceptors (Lipinski definition) is 3. The van der Waals surface area contributed by atoms with Crippen LogP contribution in [0.3, 0.4) is 0 Å². The number of thioether (sulfide) groups is 1. The lowest BCUT2D eigenvalue weighted by molar-refractivity contribution is 0.0651. The Morgan fingerprint density at radius 1 is 1.67 bits per heavy atom. The Kier molecular flexibility index (Phi) is 5.08. The molecule has 1 aromatic heterocycles. The zero-order valence-electron chi connectivity index (χ0n) is 12.2. The van der Waals surface area contributed by atoms with Crippen LogP contribution in [0.1, 0.15) is 32.1 Å². The number of hydrogen-bond donors (Lipinski definition) is 1. The number of rotatable bonds is 5. The van der Waals surface area contributed by atoms with Gasteiger partial charge in [-0.15, -0.1) is 0 Å². The number of imidazole rings is 1. The number of alkyl halides is 2. The summed E-state index contributed by atoms with van der Waals surface area (Å²) in [6.45, 7) is 0.124. The normalized spacial score (nSPS) is 21.8. The van der Waals surface area contributed by atoms with E-state index in [1.165, 1.54) is 23.7 Å². The van der Waals surface area contributed by atoms with Gasteiger partial charge in [0, 0.05) is 30.7 Å². The van der Waals surface area contributed by atoms with E-state index < -0.39 is 6.55 Å². The highest BCUT2D eigenvalue weighted by Crippen LogP contribution is 2.36. The molecule has 1 aliphatic heterocycles. The number of carbonyl (C=O) groups is 1. The van der Waals surface area contributed by atoms with Crippen LogP contribution in [0.4, 0.5) is 13.6 Å². The molecule has 0 bridgehead atoms. The van der Waals surface area contributed by atoms with Gasteiger partial charge in [0.05, 0.1) is 6.54 Å². The predicted molar refractivity (Wildman–Crippen MR) is 78.4 cm³/mol. The standard InChI is InChI=1S/C13H20F2N4OS/c1-13(4-3-7-21-13)9-17-12(20)18(2)8-10-16-5-6-19(10)11(14)15/h5-6,11H,3-4,7-9H2,1-2H3,(H,17,20)/t13-/m1/s1. The van der Waals surface area contributed by atoms with Crippen molar-refractivity contribution in [2.75, 3.05) is 19.3 Å². The molecule has 0 aromatic carbocycles. The van der Waals surface area contributed by atoms with Crippen molar-refractivity contribution < 1.29 is 13.6 Å². The molecule has 0 saturated carbocycles. The Labute approximate surface area is 127 Å². The molecule has 2 amide bonds. The molecule has 1 saturated heterocycles. The number of urea groups is 1. The van der Waals surface area contributed by atoms with Crippen molar-refractivity contribution in [2.45, 2.75) is 37.6 Å². The second kappa shape index (κ2) is 6.64. The van der Waals surface area contributed by atoms with Gasteiger partial charge >= 0.3 is 12.6 Å². The number of carbonyl (C=O) groups excluding carboxylic acids is 1. The SMILES string of the molecule is CN(Cc1nccn1C(F)F)C(=O)NC[C@@]1(C)CCCS1. The van der Waals surface area contributed by atoms with Crippen molar-refractivity contribution in [1.29, 1.82) is 0 Å². The maximum absolute atomic E-state index is 12.7. The summed E-state index contributed by atoms with van der Waals surface area (Å²) in [5.41, 5.74) is 0. The van der Waals surface area contributed by atoms with Gasteiger partial charge in [0.25, 0.3) is 0 Å². The molecular weight excluding hydrogens is 298 g/mol. The Hall–Kier alpha value is -1.31. The van der Waals surface area contributed by atoms with Gasteiger partial charge in [0.15, 0.2) is 0 Å². The van der Waals surface area contributed by atoms with E-state index in [4.69, 9.17) is 0 Å². The highest BCUT2D eigenvalue weighted by atomic mass is 32.2. The maximum atomic E-state index is 12.7. The number of nitrogens with one attached hydrogen (secondary N) is 1. The molecule has 1 fully saturated rings. The van der Waals surface area contributed by atoms with Gasteiger partial charge in [-0.2, -0.15) is 20.5 Å². The topological polar surface area (TPSA) is 50.2 Å². The summed E-state index contributed by atoms with van der Waals surface area (Å²) in [7, 11) is 1.57. The fourth-order valence-corrected chi connectivity index (χ4v) is 3.55. The Balaban J connectivity index is 1.86. The van der Waals surface area contributed by atoms with Gasteiger partial charge in [0.1, 0.15) is 5.82 Å². The number of halogens is 2. The maximum Gasteiger partial charge on any atom is 0.319 e. The smallest absolute Gasteiger partial charge is 0.319 e. The largest absolute Gasteiger partial charge is 0.337 e. The summed E-state index contributed by atoms with van der Waals surface area (Å²) in [5, 5.41) is 2.87. The van der Waals surface area contributed by atoms with E-state index in [1.807, 2.05) is 11.8 Å². The minimum atomic E-state index is -2.65. The van der Waals surface area contributed by atoms with Crippen LogP contribution in [0.25, 0.3) is 0 Å². The first-order valence-electron chi connectivity index (χ1n) is 6.84. The zero-order chi connectivity index (χ0) is 15.5. The molecular formula is C13H20F2N4OS. The summed E-state index contributed by atoms with van der Waals surface area (Å²) in [4.78, 5) is 17.3. The first kappa shape index (κ1) is 16.1. The average molecular weight is 318 g/mol. The molecule has 1 aliphatic rings. The van der Waals surface area contributed by atoms with Gasteiger partial charge in [-0.1, -0.05) is 0 Å². The van der Waals surface area contributed by atoms with Crippen molar-refractivity contribution in [3.63, 3.8) is 0 Å². The summed E-state index contributed by atoms with van der Waals surface area (Å²) in [6.07, 6.45) is 4.77. The lowest BCUT2D eigenvalue weighted by Gasteiger charge is -2.25. The van der Waals surface area contributed by atoms with Crippen molar-refractivity contribution >= 4 is 17.8 Å². The van der Waals surface area contributed by atoms with E-state index in [1.54, 1.807) is 7.05 Å². The van der Waals surface area contributed by atoms with Gasteiger partial charge in [-0.3, -0.25) is 4.57 Å². The third-order valence-electron chi connectivity index (χ3n) is 3.60. The van der Waals surface area contributed by atoms with E-state index in [9.17, 15) is 13.6 Å². The van der Waals surface area contributed by atoms with Crippen molar-refractivity contribution in [1.82, 2.24) is 19.8 Å². The Morgan fingerprint density at radius 3 is 3.05 bits per heavy atom. The number of aromatic nitrogens is 2. The van der Waals surface area contributed by atoms with Gasteiger partial charge in [-0.05, 0) is 25.5 Å². The van der Waals surface area contributed by atoms with Gasteiger partial charge in [0.2, 0.25) is 0 Å². The molecule has 1 N–H and O–H groups in total. The molecule has 0 radical (unpaired) electrons. The van der Waals surface area contributed by atoms with E-state index in [-0.39, 0.29) is 23.1 Å². The van der Waals surface area contributed by atoms with E-state index in [2.05, 4.69) is 17.2 Å². The molecule has 1 atom stereocenters. The van der Waals surface area contributed by atoms with Crippen LogP contribution in [0.2, 0.25) is 0 Å². The molecule has 0 aliphatic carbocycles. The van der Waals surface area contributed by atoms with Crippen LogP contribution in [-0.4, -0.2) is 44.6 Å². The molecule has 0 unspecified atom stereocenters. The fourth-order valence-electron chi connectivity index (χ4n) is 2.30. The summed E-state index contributed by atoms with van der Waals surface area (Å²) in [6, 6.07) is -0.271. The summed E-state index contributed by atoms with van der Waals surface area (Å²) in [5.74, 6) is 1.29. The van der Waals surface area contributed by atoms with E-state index >= 15 is 0 Å². The lowest BCUT2D eigenvalue weighted by atomic mass is 10.1. The van der Waals surface area contributed by atoms with Crippen LogP contribution in [-0.2, 0) is 6.54 Å². The molecule has 1 aromatic rings. The number of amides is 2. The van der Waals surface area contributed by atoms with Gasteiger partial charge in [-0.25, -0.2) is 9.78 Å². The van der Waals surface area contributed by atoms with Crippen molar-refractivity contribution in [2.24, 2.45) is 0 Å². The molecule has 8 heteroatoms. The molecule has 2 rings (SSSR count). The van der Waals surface area contributed by atoms with Crippen LogP contribution >= 0.6 is 11.8 Å². The minimum absolute atomic E-state index is 0.0486. The first-order valence-corrected chi connectivity index (χ1v) is 7.83. The predicted octanol–water partition coefficient (Wildman–Crippen LogP) is 2.71. The molecule has 0 spiro atoms. The first-order chi connectivity index (χ1) is 9.91. The van der Waals surface area contributed by atoms with E-state index in [0.29, 0.717) is 6.54 Å². The third kappa shape index (κ3) is 4.09. The monoisotopic (exact) mass is 318 g/mol. The van der Waals surface area contributed by atoms with Crippen LogP contribution in [0, 0.1) is 0 Å². The zero-order valence-corrected chi connectivity index (χ0v) is 13.0. The van der Waals surface area contributed by atoms with Crippen LogP contribution in [0.5, 0.6) is 0 Å². The van der Waals surface area contributed by atoms with Crippen LogP contribution < -0.4 is 5.32 Å². The molecule has 21 heavy (non-hydrogen) atoms. The summed E-state index contributed by atoms with van der Waals surface area (Å²) >= 11 is 1.86. The average Bonchev–Trinajstić information content (AvgIpc) is 3.05. The second-order valence-corrected chi connectivity index (χ2v) is 7.13. The Morgan fingerprint density at radius 2 is 2.43 bits per heavy atom. The van der Waals surface area contributed by atoms with Crippen LogP contribution in [0.15, 0.2) is 12.4 Å². The fraction of sp³-hybridized carbons (Fsp3) is 0.692. The van der Waals surface area contributed by atoms with Gasteiger partial charge < -0.3 is 10.2 Å². The minimum Gasteiger partial charge on any atom is -0.337 e. The van der Waals surface area contributed by atoms with Crippen molar-refractivity contribution in [3.05, 3.63) is 18.2 Å².